The van der Waals surface area contributed by atoms with Crippen LogP contribution in [0.25, 0.3) is 0 Å². The van der Waals surface area contributed by atoms with Gasteiger partial charge in [0.05, 0.1) is 0 Å². The van der Waals surface area contributed by atoms with Crippen LogP contribution in [0.1, 0.15) is 19.8 Å². The van der Waals surface area contributed by atoms with Crippen LogP contribution < -0.4 is 19.5 Å². The van der Waals surface area contributed by atoms with Gasteiger partial charge in [0, 0.05) is 12.1 Å². The first-order valence-corrected chi connectivity index (χ1v) is 6.11. The smallest absolute Gasteiger partial charge is 0.231 e. The third kappa shape index (κ3) is 2.31. The third-order valence-corrected chi connectivity index (χ3v) is 3.22. The molecule has 2 aliphatic rings. The highest BCUT2D eigenvalue weighted by Gasteiger charge is 2.21. The number of rotatable bonds is 2. The van der Waals surface area contributed by atoms with Gasteiger partial charge < -0.3 is 19.5 Å². The predicted molar refractivity (Wildman–Crippen MR) is 63.7 cm³/mol. The summed E-state index contributed by atoms with van der Waals surface area (Å²) in [5.41, 5.74) is 0. The Bertz CT molecular complexity index is 408. The fourth-order valence-electron chi connectivity index (χ4n) is 2.34. The summed E-state index contributed by atoms with van der Waals surface area (Å²) >= 11 is 0. The highest BCUT2D eigenvalue weighted by atomic mass is 16.7. The van der Waals surface area contributed by atoms with Crippen molar-refractivity contribution in [3.63, 3.8) is 0 Å². The summed E-state index contributed by atoms with van der Waals surface area (Å²) < 4.78 is 16.6. The highest BCUT2D eigenvalue weighted by molar-refractivity contribution is 5.46. The van der Waals surface area contributed by atoms with Crippen molar-refractivity contribution in [1.82, 2.24) is 5.32 Å². The van der Waals surface area contributed by atoms with Gasteiger partial charge in [-0.3, -0.25) is 0 Å². The van der Waals surface area contributed by atoms with Crippen molar-refractivity contribution in [2.75, 3.05) is 13.3 Å². The van der Waals surface area contributed by atoms with Gasteiger partial charge in [-0.05, 0) is 38.4 Å². The van der Waals surface area contributed by atoms with Crippen LogP contribution in [0.3, 0.4) is 0 Å². The van der Waals surface area contributed by atoms with Crippen LogP contribution in [-0.4, -0.2) is 25.5 Å². The van der Waals surface area contributed by atoms with Crippen LogP contribution in [0.2, 0.25) is 0 Å². The SMILES string of the molecule is CC1CC(Oc2ccc3c(c2)OCO3)CCN1. The topological polar surface area (TPSA) is 39.7 Å². The monoisotopic (exact) mass is 235 g/mol. The summed E-state index contributed by atoms with van der Waals surface area (Å²) in [7, 11) is 0. The molecule has 1 N–H and O–H groups in total. The van der Waals surface area contributed by atoms with Gasteiger partial charge in [-0.1, -0.05) is 0 Å². The molecule has 0 spiro atoms. The van der Waals surface area contributed by atoms with Crippen molar-refractivity contribution in [3.8, 4) is 17.2 Å². The van der Waals surface area contributed by atoms with E-state index >= 15 is 0 Å². The molecule has 2 heterocycles. The highest BCUT2D eigenvalue weighted by Crippen LogP contribution is 2.35. The van der Waals surface area contributed by atoms with Gasteiger partial charge in [-0.2, -0.15) is 0 Å². The summed E-state index contributed by atoms with van der Waals surface area (Å²) in [6.07, 6.45) is 2.40. The molecular weight excluding hydrogens is 218 g/mol. The van der Waals surface area contributed by atoms with Crippen LogP contribution in [0.4, 0.5) is 0 Å². The fraction of sp³-hybridized carbons (Fsp3) is 0.538. The Morgan fingerprint density at radius 2 is 2.18 bits per heavy atom. The summed E-state index contributed by atoms with van der Waals surface area (Å²) in [6.45, 7) is 3.52. The molecule has 0 aromatic heterocycles. The Morgan fingerprint density at radius 1 is 1.29 bits per heavy atom. The standard InChI is InChI=1S/C13H17NO3/c1-9-6-11(4-5-14-9)17-10-2-3-12-13(7-10)16-8-15-12/h2-3,7,9,11,14H,4-6,8H2,1H3. The fourth-order valence-corrected chi connectivity index (χ4v) is 2.34. The summed E-state index contributed by atoms with van der Waals surface area (Å²) in [5, 5.41) is 3.41. The van der Waals surface area contributed by atoms with Crippen LogP contribution in [0.5, 0.6) is 17.2 Å². The van der Waals surface area contributed by atoms with E-state index in [1.807, 2.05) is 18.2 Å². The van der Waals surface area contributed by atoms with Gasteiger partial charge in [-0.15, -0.1) is 0 Å². The lowest BCUT2D eigenvalue weighted by Gasteiger charge is -2.28. The first-order chi connectivity index (χ1) is 8.31. The van der Waals surface area contributed by atoms with Gasteiger partial charge in [0.25, 0.3) is 0 Å². The van der Waals surface area contributed by atoms with E-state index in [9.17, 15) is 0 Å². The second-order valence-corrected chi connectivity index (χ2v) is 4.63. The molecule has 0 aliphatic carbocycles. The Morgan fingerprint density at radius 3 is 3.06 bits per heavy atom. The first kappa shape index (κ1) is 10.7. The Balaban J connectivity index is 1.68. The molecule has 4 nitrogen and oxygen atoms in total. The van der Waals surface area contributed by atoms with Gasteiger partial charge >= 0.3 is 0 Å². The van der Waals surface area contributed by atoms with Gasteiger partial charge in [0.2, 0.25) is 6.79 Å². The molecule has 1 aromatic rings. The van der Waals surface area contributed by atoms with Crippen molar-refractivity contribution in [2.45, 2.75) is 31.9 Å². The molecule has 0 saturated carbocycles. The maximum Gasteiger partial charge on any atom is 0.231 e. The Kier molecular flexibility index (Phi) is 2.81. The number of hydrogen-bond donors (Lipinski definition) is 1. The molecule has 1 saturated heterocycles. The van der Waals surface area contributed by atoms with Crippen molar-refractivity contribution in [3.05, 3.63) is 18.2 Å². The van der Waals surface area contributed by atoms with Gasteiger partial charge in [-0.25, -0.2) is 0 Å². The van der Waals surface area contributed by atoms with Crippen molar-refractivity contribution in [1.29, 1.82) is 0 Å². The number of benzene rings is 1. The number of hydrogen-bond acceptors (Lipinski definition) is 4. The van der Waals surface area contributed by atoms with Crippen LogP contribution in [-0.2, 0) is 0 Å². The minimum atomic E-state index is 0.298. The van der Waals surface area contributed by atoms with E-state index in [2.05, 4.69) is 12.2 Å². The van der Waals surface area contributed by atoms with E-state index in [4.69, 9.17) is 14.2 Å². The lowest BCUT2D eigenvalue weighted by atomic mass is 10.0. The van der Waals surface area contributed by atoms with Crippen LogP contribution >= 0.6 is 0 Å². The van der Waals surface area contributed by atoms with Crippen molar-refractivity contribution in [2.24, 2.45) is 0 Å². The van der Waals surface area contributed by atoms with E-state index in [0.717, 1.165) is 36.6 Å². The van der Waals surface area contributed by atoms with Crippen molar-refractivity contribution >= 4 is 0 Å². The van der Waals surface area contributed by atoms with E-state index in [1.165, 1.54) is 0 Å². The molecule has 92 valence electrons. The minimum Gasteiger partial charge on any atom is -0.490 e. The molecule has 1 fully saturated rings. The number of piperidine rings is 1. The second kappa shape index (κ2) is 4.45. The van der Waals surface area contributed by atoms with Gasteiger partial charge in [0.15, 0.2) is 11.5 Å². The van der Waals surface area contributed by atoms with E-state index < -0.39 is 0 Å². The van der Waals surface area contributed by atoms with E-state index in [0.29, 0.717) is 18.9 Å². The number of nitrogens with one attached hydrogen (secondary N) is 1. The molecule has 2 unspecified atom stereocenters. The average Bonchev–Trinajstić information content (AvgIpc) is 2.76. The van der Waals surface area contributed by atoms with Crippen molar-refractivity contribution < 1.29 is 14.2 Å². The lowest BCUT2D eigenvalue weighted by molar-refractivity contribution is 0.143. The van der Waals surface area contributed by atoms with E-state index in [1.54, 1.807) is 0 Å². The molecular formula is C13H17NO3. The largest absolute Gasteiger partial charge is 0.490 e. The average molecular weight is 235 g/mol. The third-order valence-electron chi connectivity index (χ3n) is 3.22. The molecule has 3 rings (SSSR count). The normalized spacial score (nSPS) is 26.9. The summed E-state index contributed by atoms with van der Waals surface area (Å²) in [4.78, 5) is 0. The zero-order chi connectivity index (χ0) is 11.7. The molecule has 2 atom stereocenters. The number of ether oxygens (including phenoxy) is 3. The second-order valence-electron chi connectivity index (χ2n) is 4.63. The number of fused-ring (bicyclic) bond motifs is 1. The van der Waals surface area contributed by atoms with Gasteiger partial charge in [0.1, 0.15) is 11.9 Å². The summed E-state index contributed by atoms with van der Waals surface area (Å²) in [5.74, 6) is 2.45. The molecule has 0 bridgehead atoms. The molecule has 0 radical (unpaired) electrons. The molecule has 2 aliphatic heterocycles. The molecule has 17 heavy (non-hydrogen) atoms. The molecule has 0 amide bonds. The molecule has 4 heteroatoms. The first-order valence-electron chi connectivity index (χ1n) is 6.11. The quantitative estimate of drug-likeness (QED) is 0.850. The zero-order valence-corrected chi connectivity index (χ0v) is 9.94. The molecule has 1 aromatic carbocycles. The minimum absolute atomic E-state index is 0.298. The maximum atomic E-state index is 5.98. The Hall–Kier alpha value is -1.42. The lowest BCUT2D eigenvalue weighted by Crippen LogP contribution is -2.40. The summed E-state index contributed by atoms with van der Waals surface area (Å²) in [6, 6.07) is 6.29. The predicted octanol–water partition coefficient (Wildman–Crippen LogP) is 1.93. The zero-order valence-electron chi connectivity index (χ0n) is 9.94. The van der Waals surface area contributed by atoms with E-state index in [-0.39, 0.29) is 0 Å². The Labute approximate surface area is 101 Å². The van der Waals surface area contributed by atoms with Crippen LogP contribution in [0, 0.1) is 0 Å². The van der Waals surface area contributed by atoms with Crippen LogP contribution in [0.15, 0.2) is 18.2 Å². The maximum absolute atomic E-state index is 5.98.